The van der Waals surface area contributed by atoms with Crippen LogP contribution >= 0.6 is 0 Å². The first-order valence-electron chi connectivity index (χ1n) is 6.51. The fourth-order valence-electron chi connectivity index (χ4n) is 1.98. The normalized spacial score (nSPS) is 14.8. The van der Waals surface area contributed by atoms with Crippen LogP contribution in [-0.4, -0.2) is 25.5 Å². The molecule has 0 spiro atoms. The Morgan fingerprint density at radius 2 is 1.95 bits per heavy atom. The molecule has 2 N–H and O–H groups in total. The number of hydrogen-bond donors (Lipinski definition) is 2. The summed E-state index contributed by atoms with van der Waals surface area (Å²) in [6.45, 7) is 7.10. The third-order valence-corrected chi connectivity index (χ3v) is 4.98. The third kappa shape index (κ3) is 3.80. The number of aryl methyl sites for hydroxylation is 2. The Balaban J connectivity index is 3.13. The first-order chi connectivity index (χ1) is 9.19. The molecule has 112 valence electrons. The molecule has 0 saturated heterocycles. The maximum absolute atomic E-state index is 12.3. The van der Waals surface area contributed by atoms with Crippen LogP contribution in [0.15, 0.2) is 23.1 Å². The van der Waals surface area contributed by atoms with Gasteiger partial charge in [-0.15, -0.1) is 0 Å². The van der Waals surface area contributed by atoms with Crippen molar-refractivity contribution in [1.29, 1.82) is 0 Å². The maximum atomic E-state index is 12.3. The van der Waals surface area contributed by atoms with Gasteiger partial charge in [-0.05, 0) is 31.4 Å². The molecule has 0 aromatic heterocycles. The SMILES string of the molecule is CCC(C)[C@H](NS(=O)(=O)c1ccc(C)cc1C)C(=O)O. The van der Waals surface area contributed by atoms with E-state index in [9.17, 15) is 18.3 Å². The number of carboxylic acids is 1. The van der Waals surface area contributed by atoms with Gasteiger partial charge in [0.1, 0.15) is 6.04 Å². The summed E-state index contributed by atoms with van der Waals surface area (Å²) < 4.78 is 26.9. The van der Waals surface area contributed by atoms with Gasteiger partial charge < -0.3 is 5.11 Å². The molecule has 6 heteroatoms. The Kier molecular flexibility index (Phi) is 5.30. The van der Waals surface area contributed by atoms with E-state index in [0.29, 0.717) is 12.0 Å². The summed E-state index contributed by atoms with van der Waals surface area (Å²) in [6, 6.07) is 3.84. The lowest BCUT2D eigenvalue weighted by Gasteiger charge is -2.20. The number of nitrogens with one attached hydrogen (secondary N) is 1. The molecule has 0 radical (unpaired) electrons. The number of hydrogen-bond acceptors (Lipinski definition) is 3. The van der Waals surface area contributed by atoms with E-state index < -0.39 is 22.0 Å². The maximum Gasteiger partial charge on any atom is 0.322 e. The van der Waals surface area contributed by atoms with Crippen molar-refractivity contribution < 1.29 is 18.3 Å². The van der Waals surface area contributed by atoms with Crippen LogP contribution in [0.2, 0.25) is 0 Å². The molecule has 20 heavy (non-hydrogen) atoms. The highest BCUT2D eigenvalue weighted by atomic mass is 32.2. The molecule has 0 saturated carbocycles. The van der Waals surface area contributed by atoms with Crippen molar-refractivity contribution in [2.45, 2.75) is 45.1 Å². The first-order valence-corrected chi connectivity index (χ1v) is 7.99. The van der Waals surface area contributed by atoms with Crippen LogP contribution in [0.3, 0.4) is 0 Å². The van der Waals surface area contributed by atoms with Gasteiger partial charge in [0.15, 0.2) is 0 Å². The van der Waals surface area contributed by atoms with Gasteiger partial charge in [-0.3, -0.25) is 4.79 Å². The van der Waals surface area contributed by atoms with Gasteiger partial charge in [-0.25, -0.2) is 8.42 Å². The average molecular weight is 299 g/mol. The Bertz CT molecular complexity index is 595. The molecule has 0 heterocycles. The number of aliphatic carboxylic acids is 1. The van der Waals surface area contributed by atoms with Crippen molar-refractivity contribution in [2.75, 3.05) is 0 Å². The largest absolute Gasteiger partial charge is 0.480 e. The topological polar surface area (TPSA) is 83.5 Å². The molecule has 0 amide bonds. The van der Waals surface area contributed by atoms with Gasteiger partial charge >= 0.3 is 5.97 Å². The van der Waals surface area contributed by atoms with E-state index in [1.165, 1.54) is 6.07 Å². The molecule has 1 rings (SSSR count). The molecular weight excluding hydrogens is 278 g/mol. The number of sulfonamides is 1. The summed E-state index contributed by atoms with van der Waals surface area (Å²) in [6.07, 6.45) is 0.576. The van der Waals surface area contributed by atoms with E-state index >= 15 is 0 Å². The molecule has 0 aliphatic carbocycles. The molecular formula is C14H21NO4S. The quantitative estimate of drug-likeness (QED) is 0.842. The number of rotatable bonds is 6. The van der Waals surface area contributed by atoms with Crippen molar-refractivity contribution in [3.63, 3.8) is 0 Å². The fourth-order valence-corrected chi connectivity index (χ4v) is 3.50. The number of benzene rings is 1. The fraction of sp³-hybridized carbons (Fsp3) is 0.500. The van der Waals surface area contributed by atoms with Crippen LogP contribution in [0.1, 0.15) is 31.4 Å². The van der Waals surface area contributed by atoms with Crippen molar-refractivity contribution in [2.24, 2.45) is 5.92 Å². The van der Waals surface area contributed by atoms with E-state index in [4.69, 9.17) is 0 Å². The van der Waals surface area contributed by atoms with E-state index in [1.54, 1.807) is 26.0 Å². The molecule has 1 aromatic carbocycles. The molecule has 5 nitrogen and oxygen atoms in total. The lowest BCUT2D eigenvalue weighted by Crippen LogP contribution is -2.45. The van der Waals surface area contributed by atoms with Gasteiger partial charge in [0.25, 0.3) is 0 Å². The molecule has 1 unspecified atom stereocenters. The zero-order valence-electron chi connectivity index (χ0n) is 12.2. The van der Waals surface area contributed by atoms with Crippen LogP contribution in [0, 0.1) is 19.8 Å². The predicted octanol–water partition coefficient (Wildman–Crippen LogP) is 2.08. The highest BCUT2D eigenvalue weighted by molar-refractivity contribution is 7.89. The second-order valence-electron chi connectivity index (χ2n) is 5.09. The van der Waals surface area contributed by atoms with Crippen molar-refractivity contribution in [3.8, 4) is 0 Å². The summed E-state index contributed by atoms with van der Waals surface area (Å²) >= 11 is 0. The van der Waals surface area contributed by atoms with E-state index in [0.717, 1.165) is 5.56 Å². The average Bonchev–Trinajstić information content (AvgIpc) is 2.34. The second-order valence-corrected chi connectivity index (χ2v) is 6.77. The Morgan fingerprint density at radius 1 is 1.35 bits per heavy atom. The van der Waals surface area contributed by atoms with Gasteiger partial charge in [-0.1, -0.05) is 38.0 Å². The lowest BCUT2D eigenvalue weighted by atomic mass is 10.0. The van der Waals surface area contributed by atoms with E-state index in [-0.39, 0.29) is 10.8 Å². The van der Waals surface area contributed by atoms with Crippen LogP contribution < -0.4 is 4.72 Å². The van der Waals surface area contributed by atoms with Crippen molar-refractivity contribution in [3.05, 3.63) is 29.3 Å². The van der Waals surface area contributed by atoms with E-state index in [1.807, 2.05) is 13.8 Å². The van der Waals surface area contributed by atoms with Gasteiger partial charge in [0.2, 0.25) is 10.0 Å². The van der Waals surface area contributed by atoms with Crippen LogP contribution in [0.4, 0.5) is 0 Å². The summed E-state index contributed by atoms with van der Waals surface area (Å²) in [5, 5.41) is 9.17. The van der Waals surface area contributed by atoms with Crippen molar-refractivity contribution in [1.82, 2.24) is 4.72 Å². The van der Waals surface area contributed by atoms with E-state index in [2.05, 4.69) is 4.72 Å². The summed E-state index contributed by atoms with van der Waals surface area (Å²) in [5.41, 5.74) is 1.56. The molecule has 0 aliphatic heterocycles. The molecule has 2 atom stereocenters. The molecule has 0 fully saturated rings. The second kappa shape index (κ2) is 6.37. The molecule has 1 aromatic rings. The summed E-state index contributed by atoms with van der Waals surface area (Å²) in [4.78, 5) is 11.3. The highest BCUT2D eigenvalue weighted by Gasteiger charge is 2.29. The van der Waals surface area contributed by atoms with Gasteiger partial charge in [-0.2, -0.15) is 4.72 Å². The predicted molar refractivity (Wildman–Crippen MR) is 77.1 cm³/mol. The van der Waals surface area contributed by atoms with Gasteiger partial charge in [0.05, 0.1) is 4.90 Å². The highest BCUT2D eigenvalue weighted by Crippen LogP contribution is 2.18. The van der Waals surface area contributed by atoms with Crippen molar-refractivity contribution >= 4 is 16.0 Å². The lowest BCUT2D eigenvalue weighted by molar-refractivity contribution is -0.140. The van der Waals surface area contributed by atoms with Crippen LogP contribution in [0.25, 0.3) is 0 Å². The summed E-state index contributed by atoms with van der Waals surface area (Å²) in [7, 11) is -3.84. The Morgan fingerprint density at radius 3 is 2.40 bits per heavy atom. The Labute approximate surface area is 120 Å². The first kappa shape index (κ1) is 16.7. The van der Waals surface area contributed by atoms with Gasteiger partial charge in [0, 0.05) is 0 Å². The smallest absolute Gasteiger partial charge is 0.322 e. The standard InChI is InChI=1S/C14H21NO4S/c1-5-10(3)13(14(16)17)15-20(18,19)12-7-6-9(2)8-11(12)4/h6-8,10,13,15H,5H2,1-4H3,(H,16,17)/t10?,13-/m0/s1. The number of carboxylic acid groups (broad SMARTS) is 1. The zero-order valence-corrected chi connectivity index (χ0v) is 13.0. The van der Waals surface area contributed by atoms with Crippen LogP contribution in [0.5, 0.6) is 0 Å². The molecule has 0 bridgehead atoms. The number of carbonyl (C=O) groups is 1. The third-order valence-electron chi connectivity index (χ3n) is 3.38. The summed E-state index contributed by atoms with van der Waals surface area (Å²) in [5.74, 6) is -1.44. The van der Waals surface area contributed by atoms with Crippen LogP contribution in [-0.2, 0) is 14.8 Å². The minimum atomic E-state index is -3.84. The monoisotopic (exact) mass is 299 g/mol. The minimum Gasteiger partial charge on any atom is -0.480 e. The Hall–Kier alpha value is -1.40. The zero-order chi connectivity index (χ0) is 15.5. The minimum absolute atomic E-state index is 0.123. The molecule has 0 aliphatic rings.